The van der Waals surface area contributed by atoms with Crippen molar-refractivity contribution in [1.29, 1.82) is 10.5 Å². The van der Waals surface area contributed by atoms with Crippen LogP contribution in [0.4, 0.5) is 4.39 Å². The van der Waals surface area contributed by atoms with E-state index in [9.17, 15) is 8.96 Å². The Kier molecular flexibility index (Phi) is 3.98. The lowest BCUT2D eigenvalue weighted by atomic mass is 10.0. The minimum atomic E-state index is -4.67. The SMILES string of the molecule is N#CC(C#N)C(c1ccc(F)cc1)P(=O)(O)O. The van der Waals surface area contributed by atoms with Gasteiger partial charge in [0.05, 0.1) is 12.1 Å². The number of rotatable bonds is 3. The average Bonchev–Trinajstić information content (AvgIpc) is 2.26. The van der Waals surface area contributed by atoms with Gasteiger partial charge in [0.2, 0.25) is 0 Å². The first-order valence-electron chi connectivity index (χ1n) is 4.50. The number of benzene rings is 1. The zero-order valence-corrected chi connectivity index (χ0v) is 9.38. The Morgan fingerprint density at radius 3 is 2.00 bits per heavy atom. The maximum absolute atomic E-state index is 12.7. The second kappa shape index (κ2) is 5.07. The highest BCUT2D eigenvalue weighted by Crippen LogP contribution is 2.55. The second-order valence-electron chi connectivity index (χ2n) is 3.32. The third-order valence-corrected chi connectivity index (χ3v) is 3.49. The van der Waals surface area contributed by atoms with E-state index in [1.165, 1.54) is 12.1 Å². The Morgan fingerprint density at radius 1 is 1.18 bits per heavy atom. The van der Waals surface area contributed by atoms with Crippen LogP contribution < -0.4 is 0 Å². The lowest BCUT2D eigenvalue weighted by molar-refractivity contribution is 0.353. The summed E-state index contributed by atoms with van der Waals surface area (Å²) in [5, 5.41) is 17.4. The first-order valence-corrected chi connectivity index (χ1v) is 6.18. The van der Waals surface area contributed by atoms with E-state index in [4.69, 9.17) is 20.3 Å². The molecule has 88 valence electrons. The summed E-state index contributed by atoms with van der Waals surface area (Å²) in [7, 11) is -4.67. The molecule has 2 N–H and O–H groups in total. The monoisotopic (exact) mass is 254 g/mol. The van der Waals surface area contributed by atoms with Crippen LogP contribution in [-0.2, 0) is 4.57 Å². The van der Waals surface area contributed by atoms with Gasteiger partial charge in [-0.15, -0.1) is 0 Å². The molecule has 0 aliphatic carbocycles. The van der Waals surface area contributed by atoms with Crippen molar-refractivity contribution in [2.75, 3.05) is 0 Å². The molecule has 0 saturated carbocycles. The molecule has 17 heavy (non-hydrogen) atoms. The molecule has 1 rings (SSSR count). The van der Waals surface area contributed by atoms with Crippen molar-refractivity contribution in [2.45, 2.75) is 5.66 Å². The van der Waals surface area contributed by atoms with Crippen LogP contribution >= 0.6 is 7.60 Å². The van der Waals surface area contributed by atoms with Crippen LogP contribution in [0.1, 0.15) is 11.2 Å². The maximum atomic E-state index is 12.7. The Morgan fingerprint density at radius 2 is 1.65 bits per heavy atom. The highest BCUT2D eigenvalue weighted by molar-refractivity contribution is 7.52. The molecule has 0 aliphatic rings. The summed E-state index contributed by atoms with van der Waals surface area (Å²) in [6.45, 7) is 0. The predicted molar refractivity (Wildman–Crippen MR) is 55.9 cm³/mol. The second-order valence-corrected chi connectivity index (χ2v) is 5.06. The lowest BCUT2D eigenvalue weighted by Crippen LogP contribution is -2.10. The summed E-state index contributed by atoms with van der Waals surface area (Å²) in [6, 6.07) is 7.39. The number of halogens is 1. The molecule has 1 aromatic rings. The van der Waals surface area contributed by atoms with E-state index in [1.807, 2.05) is 0 Å². The van der Waals surface area contributed by atoms with Crippen LogP contribution in [0.25, 0.3) is 0 Å². The third-order valence-electron chi connectivity index (χ3n) is 2.17. The van der Waals surface area contributed by atoms with Gasteiger partial charge in [0.15, 0.2) is 5.92 Å². The van der Waals surface area contributed by atoms with Crippen molar-refractivity contribution < 1.29 is 18.7 Å². The molecular weight excluding hydrogens is 246 g/mol. The molecule has 0 spiro atoms. The Labute approximate surface area is 96.9 Å². The minimum Gasteiger partial charge on any atom is -0.324 e. The van der Waals surface area contributed by atoms with Crippen LogP contribution in [0.5, 0.6) is 0 Å². The molecule has 0 aromatic heterocycles. The number of hydrogen-bond donors (Lipinski definition) is 2. The molecule has 0 aliphatic heterocycles. The van der Waals surface area contributed by atoms with Gasteiger partial charge in [-0.3, -0.25) is 4.57 Å². The molecule has 5 nitrogen and oxygen atoms in total. The number of nitriles is 2. The van der Waals surface area contributed by atoms with Crippen LogP contribution in [0.2, 0.25) is 0 Å². The van der Waals surface area contributed by atoms with E-state index < -0.39 is 25.0 Å². The standard InChI is InChI=1S/C10H8FN2O3P/c11-9-3-1-7(2-4-9)10(17(14,15)16)8(5-12)6-13/h1-4,8,10H,(H2,14,15,16). The fourth-order valence-electron chi connectivity index (χ4n) is 1.41. The molecule has 1 atom stereocenters. The highest BCUT2D eigenvalue weighted by Gasteiger charge is 2.38. The average molecular weight is 254 g/mol. The smallest absolute Gasteiger partial charge is 0.324 e. The summed E-state index contributed by atoms with van der Waals surface area (Å²) >= 11 is 0. The highest BCUT2D eigenvalue weighted by atomic mass is 31.2. The summed E-state index contributed by atoms with van der Waals surface area (Å²) in [4.78, 5) is 18.3. The Bertz CT molecular complexity index is 512. The summed E-state index contributed by atoms with van der Waals surface area (Å²) in [6.07, 6.45) is 0. The zero-order valence-electron chi connectivity index (χ0n) is 8.49. The largest absolute Gasteiger partial charge is 0.335 e. The van der Waals surface area contributed by atoms with Crippen LogP contribution in [-0.4, -0.2) is 9.79 Å². The van der Waals surface area contributed by atoms with Gasteiger partial charge in [0.25, 0.3) is 0 Å². The van der Waals surface area contributed by atoms with Crippen molar-refractivity contribution in [1.82, 2.24) is 0 Å². The van der Waals surface area contributed by atoms with Crippen molar-refractivity contribution in [3.8, 4) is 12.1 Å². The fourth-order valence-corrected chi connectivity index (χ4v) is 2.49. The van der Waals surface area contributed by atoms with Gasteiger partial charge in [0, 0.05) is 0 Å². The van der Waals surface area contributed by atoms with Crippen LogP contribution in [0.15, 0.2) is 24.3 Å². The molecule has 0 saturated heterocycles. The van der Waals surface area contributed by atoms with Crippen molar-refractivity contribution in [2.24, 2.45) is 5.92 Å². The maximum Gasteiger partial charge on any atom is 0.335 e. The normalized spacial score (nSPS) is 12.8. The lowest BCUT2D eigenvalue weighted by Gasteiger charge is -2.19. The zero-order chi connectivity index (χ0) is 13.1. The minimum absolute atomic E-state index is 0.0628. The Hall–Kier alpha value is -1.72. The first-order chi connectivity index (χ1) is 7.90. The molecule has 0 heterocycles. The van der Waals surface area contributed by atoms with Gasteiger partial charge in [-0.25, -0.2) is 4.39 Å². The van der Waals surface area contributed by atoms with E-state index in [-0.39, 0.29) is 5.56 Å². The van der Waals surface area contributed by atoms with Gasteiger partial charge >= 0.3 is 7.60 Å². The van der Waals surface area contributed by atoms with E-state index >= 15 is 0 Å². The number of hydrogen-bond acceptors (Lipinski definition) is 3. The van der Waals surface area contributed by atoms with Gasteiger partial charge < -0.3 is 9.79 Å². The summed E-state index contributed by atoms with van der Waals surface area (Å²) < 4.78 is 24.0. The van der Waals surface area contributed by atoms with Gasteiger partial charge in [-0.2, -0.15) is 10.5 Å². The van der Waals surface area contributed by atoms with Crippen molar-refractivity contribution in [3.05, 3.63) is 35.6 Å². The van der Waals surface area contributed by atoms with Gasteiger partial charge in [0.1, 0.15) is 11.5 Å². The molecule has 0 amide bonds. The molecule has 0 fully saturated rings. The molecule has 1 unspecified atom stereocenters. The van der Waals surface area contributed by atoms with Gasteiger partial charge in [-0.05, 0) is 17.7 Å². The van der Waals surface area contributed by atoms with E-state index in [0.717, 1.165) is 24.3 Å². The van der Waals surface area contributed by atoms with Crippen molar-refractivity contribution in [3.63, 3.8) is 0 Å². The molecule has 0 radical (unpaired) electrons. The molecular formula is C10H8FN2O3P. The predicted octanol–water partition coefficient (Wildman–Crippen LogP) is 1.71. The van der Waals surface area contributed by atoms with E-state index in [2.05, 4.69) is 0 Å². The quantitative estimate of drug-likeness (QED) is 0.798. The summed E-state index contributed by atoms with van der Waals surface area (Å²) in [5.74, 6) is -2.05. The van der Waals surface area contributed by atoms with E-state index in [1.54, 1.807) is 0 Å². The molecule has 1 aromatic carbocycles. The number of nitrogens with zero attached hydrogens (tertiary/aromatic N) is 2. The van der Waals surface area contributed by atoms with Crippen molar-refractivity contribution >= 4 is 7.60 Å². The Balaban J connectivity index is 3.27. The van der Waals surface area contributed by atoms with Crippen LogP contribution in [0, 0.1) is 34.4 Å². The topological polar surface area (TPSA) is 105 Å². The van der Waals surface area contributed by atoms with Gasteiger partial charge in [-0.1, -0.05) is 12.1 Å². The molecule has 7 heteroatoms. The van der Waals surface area contributed by atoms with Crippen LogP contribution in [0.3, 0.4) is 0 Å². The third kappa shape index (κ3) is 3.12. The first kappa shape index (κ1) is 13.3. The fraction of sp³-hybridized carbons (Fsp3) is 0.200. The van der Waals surface area contributed by atoms with E-state index in [0.29, 0.717) is 0 Å². The summed E-state index contributed by atoms with van der Waals surface area (Å²) in [5.41, 5.74) is -1.49. The molecule has 0 bridgehead atoms.